The van der Waals surface area contributed by atoms with Crippen molar-refractivity contribution in [3.8, 4) is 0 Å². The average molecular weight is 654 g/mol. The number of carbonyl (C=O) groups excluding carboxylic acids is 1. The SMILES string of the molecule is O=C(Nc1ccc(N2CCN(C(=S)Nc3ccccc3F)CC2)nc1)c1oc(N2CCC(c3ccccc3)CC2)nc1C(F)(F)F. The van der Waals surface area contributed by atoms with Crippen molar-refractivity contribution in [1.82, 2.24) is 14.9 Å². The molecule has 14 heteroatoms. The van der Waals surface area contributed by atoms with Gasteiger partial charge in [0.15, 0.2) is 10.8 Å². The summed E-state index contributed by atoms with van der Waals surface area (Å²) in [6.07, 6.45) is -2.06. The van der Waals surface area contributed by atoms with E-state index in [0.29, 0.717) is 55.9 Å². The van der Waals surface area contributed by atoms with E-state index < -0.39 is 29.4 Å². The van der Waals surface area contributed by atoms with Gasteiger partial charge in [0, 0.05) is 39.3 Å². The summed E-state index contributed by atoms with van der Waals surface area (Å²) >= 11 is 5.45. The quantitative estimate of drug-likeness (QED) is 0.182. The lowest BCUT2D eigenvalue weighted by molar-refractivity contribution is -0.141. The first-order valence-corrected chi connectivity index (χ1v) is 15.3. The molecular formula is C32H31F4N7O2S. The van der Waals surface area contributed by atoms with Gasteiger partial charge in [-0.05, 0) is 60.8 Å². The molecule has 2 aromatic heterocycles. The second-order valence-electron chi connectivity index (χ2n) is 11.1. The molecule has 4 heterocycles. The lowest BCUT2D eigenvalue weighted by Gasteiger charge is -2.36. The number of piperazine rings is 1. The van der Waals surface area contributed by atoms with Crippen molar-refractivity contribution in [3.63, 3.8) is 0 Å². The van der Waals surface area contributed by atoms with E-state index in [0.717, 1.165) is 12.8 Å². The van der Waals surface area contributed by atoms with E-state index in [-0.39, 0.29) is 17.6 Å². The number of pyridine rings is 1. The number of hydrogen-bond donors (Lipinski definition) is 2. The molecule has 0 aliphatic carbocycles. The number of carbonyl (C=O) groups is 1. The molecule has 2 aromatic carbocycles. The summed E-state index contributed by atoms with van der Waals surface area (Å²) < 4.78 is 61.1. The predicted molar refractivity (Wildman–Crippen MR) is 171 cm³/mol. The number of hydrogen-bond acceptors (Lipinski definition) is 7. The Balaban J connectivity index is 1.06. The first kappa shape index (κ1) is 31.3. The van der Waals surface area contributed by atoms with Crippen LogP contribution in [-0.2, 0) is 6.18 Å². The second kappa shape index (κ2) is 13.3. The standard InChI is InChI=1S/C32H31F4N7O2S/c33-24-8-4-5-9-25(24)39-31(46)43-18-16-41(17-19-43)26-11-10-23(20-37-26)38-29(44)27-28(32(34,35)36)40-30(45-27)42-14-12-22(13-15-42)21-6-2-1-3-7-21/h1-11,20,22H,12-19H2,(H,38,44)(H,39,46). The molecule has 0 saturated carbocycles. The lowest BCUT2D eigenvalue weighted by Crippen LogP contribution is -2.50. The number of amides is 1. The van der Waals surface area contributed by atoms with Gasteiger partial charge < -0.3 is 29.8 Å². The van der Waals surface area contributed by atoms with Crippen molar-refractivity contribution in [2.75, 3.05) is 59.7 Å². The molecule has 2 aliphatic heterocycles. The number of alkyl halides is 3. The highest BCUT2D eigenvalue weighted by Crippen LogP contribution is 2.36. The Morgan fingerprint density at radius 2 is 1.57 bits per heavy atom. The van der Waals surface area contributed by atoms with Gasteiger partial charge in [-0.2, -0.15) is 18.2 Å². The topological polar surface area (TPSA) is 89.8 Å². The Bertz CT molecular complexity index is 1670. The van der Waals surface area contributed by atoms with Crippen LogP contribution in [0.3, 0.4) is 0 Å². The van der Waals surface area contributed by atoms with Crippen LogP contribution in [0.5, 0.6) is 0 Å². The first-order valence-electron chi connectivity index (χ1n) is 14.9. The van der Waals surface area contributed by atoms with E-state index in [4.69, 9.17) is 16.6 Å². The lowest BCUT2D eigenvalue weighted by atomic mass is 9.90. The van der Waals surface area contributed by atoms with Crippen molar-refractivity contribution in [1.29, 1.82) is 0 Å². The minimum Gasteiger partial charge on any atom is -0.417 e. The van der Waals surface area contributed by atoms with Crippen molar-refractivity contribution in [3.05, 3.63) is 95.8 Å². The fourth-order valence-corrected chi connectivity index (χ4v) is 5.94. The van der Waals surface area contributed by atoms with Gasteiger partial charge in [0.1, 0.15) is 11.6 Å². The van der Waals surface area contributed by atoms with Gasteiger partial charge >= 0.3 is 6.18 Å². The average Bonchev–Trinajstić information content (AvgIpc) is 3.54. The number of benzene rings is 2. The fourth-order valence-electron chi connectivity index (χ4n) is 5.65. The Hall–Kier alpha value is -4.72. The van der Waals surface area contributed by atoms with E-state index in [1.165, 1.54) is 17.8 Å². The van der Waals surface area contributed by atoms with Crippen molar-refractivity contribution in [2.45, 2.75) is 24.9 Å². The van der Waals surface area contributed by atoms with Crippen LogP contribution in [0.2, 0.25) is 0 Å². The third kappa shape index (κ3) is 7.06. The van der Waals surface area contributed by atoms with Crippen LogP contribution < -0.4 is 20.4 Å². The summed E-state index contributed by atoms with van der Waals surface area (Å²) in [5, 5.41) is 5.81. The number of nitrogens with one attached hydrogen (secondary N) is 2. The summed E-state index contributed by atoms with van der Waals surface area (Å²) in [6, 6.07) is 19.3. The zero-order valence-corrected chi connectivity index (χ0v) is 25.5. The molecule has 9 nitrogen and oxygen atoms in total. The van der Waals surface area contributed by atoms with Crippen molar-refractivity contribution < 1.29 is 26.8 Å². The molecule has 1 amide bonds. The number of thiocarbonyl (C=S) groups is 1. The molecule has 0 bridgehead atoms. The third-order valence-electron chi connectivity index (χ3n) is 8.14. The summed E-state index contributed by atoms with van der Waals surface area (Å²) in [7, 11) is 0. The number of piperidine rings is 1. The zero-order chi connectivity index (χ0) is 32.3. The third-order valence-corrected chi connectivity index (χ3v) is 8.50. The van der Waals surface area contributed by atoms with Gasteiger partial charge in [-0.1, -0.05) is 42.5 Å². The number of rotatable bonds is 6. The highest BCUT2D eigenvalue weighted by Gasteiger charge is 2.42. The molecular weight excluding hydrogens is 622 g/mol. The Morgan fingerprint density at radius 1 is 0.870 bits per heavy atom. The number of halogens is 4. The Morgan fingerprint density at radius 3 is 2.22 bits per heavy atom. The van der Waals surface area contributed by atoms with Crippen molar-refractivity contribution in [2.24, 2.45) is 0 Å². The van der Waals surface area contributed by atoms with E-state index in [1.54, 1.807) is 35.2 Å². The first-order chi connectivity index (χ1) is 22.2. The summed E-state index contributed by atoms with van der Waals surface area (Å²) in [6.45, 7) is 3.20. The van der Waals surface area contributed by atoms with Gasteiger partial charge in [0.25, 0.3) is 11.9 Å². The van der Waals surface area contributed by atoms with Gasteiger partial charge in [0.2, 0.25) is 5.76 Å². The summed E-state index contributed by atoms with van der Waals surface area (Å²) in [5.41, 5.74) is 0.333. The van der Waals surface area contributed by atoms with Crippen LogP contribution in [0.25, 0.3) is 0 Å². The van der Waals surface area contributed by atoms with Crippen molar-refractivity contribution >= 4 is 46.4 Å². The maximum atomic E-state index is 14.0. The van der Waals surface area contributed by atoms with Crippen LogP contribution in [0.15, 0.2) is 77.3 Å². The van der Waals surface area contributed by atoms with E-state index in [9.17, 15) is 22.4 Å². The number of aromatic nitrogens is 2. The molecule has 46 heavy (non-hydrogen) atoms. The second-order valence-corrected chi connectivity index (χ2v) is 11.5. The minimum atomic E-state index is -4.88. The fraction of sp³-hybridized carbons (Fsp3) is 0.312. The predicted octanol–water partition coefficient (Wildman–Crippen LogP) is 6.38. The van der Waals surface area contributed by atoms with Gasteiger partial charge in [-0.25, -0.2) is 9.37 Å². The van der Waals surface area contributed by atoms with Crippen LogP contribution in [0, 0.1) is 5.82 Å². The van der Waals surface area contributed by atoms with Gasteiger partial charge in [-0.15, -0.1) is 0 Å². The van der Waals surface area contributed by atoms with E-state index in [2.05, 4.69) is 20.6 Å². The van der Waals surface area contributed by atoms with E-state index >= 15 is 0 Å². The molecule has 2 saturated heterocycles. The molecule has 0 unspecified atom stereocenters. The van der Waals surface area contributed by atoms with Crippen LogP contribution in [0.1, 0.15) is 40.6 Å². The molecule has 4 aromatic rings. The molecule has 0 atom stereocenters. The maximum Gasteiger partial charge on any atom is 0.437 e. The van der Waals surface area contributed by atoms with Crippen LogP contribution >= 0.6 is 12.2 Å². The smallest absolute Gasteiger partial charge is 0.417 e. The van der Waals surface area contributed by atoms with Crippen LogP contribution in [-0.4, -0.2) is 65.2 Å². The van der Waals surface area contributed by atoms with Gasteiger partial charge in [-0.3, -0.25) is 4.79 Å². The molecule has 2 aliphatic rings. The number of anilines is 4. The minimum absolute atomic E-state index is 0.206. The molecule has 0 radical (unpaired) electrons. The molecule has 0 spiro atoms. The molecule has 2 N–H and O–H groups in total. The highest BCUT2D eigenvalue weighted by molar-refractivity contribution is 7.80. The molecule has 6 rings (SSSR count). The largest absolute Gasteiger partial charge is 0.437 e. The zero-order valence-electron chi connectivity index (χ0n) is 24.6. The number of para-hydroxylation sites is 1. The summed E-state index contributed by atoms with van der Waals surface area (Å²) in [4.78, 5) is 26.7. The normalized spacial score (nSPS) is 16.0. The Kier molecular flexibility index (Phi) is 9.06. The Labute approximate surface area is 268 Å². The summed E-state index contributed by atoms with van der Waals surface area (Å²) in [5.74, 6) is -1.44. The monoisotopic (exact) mass is 653 g/mol. The molecule has 2 fully saturated rings. The van der Waals surface area contributed by atoms with Gasteiger partial charge in [0.05, 0.1) is 17.6 Å². The molecule has 240 valence electrons. The highest BCUT2D eigenvalue weighted by atomic mass is 32.1. The van der Waals surface area contributed by atoms with Crippen LogP contribution in [0.4, 0.5) is 40.8 Å². The van der Waals surface area contributed by atoms with E-state index in [1.807, 2.05) is 40.1 Å². The number of oxazole rings is 1. The number of nitrogens with zero attached hydrogens (tertiary/aromatic N) is 5. The maximum absolute atomic E-state index is 14.0.